The Kier molecular flexibility index (Phi) is 5.79. The molecule has 0 heterocycles. The zero-order chi connectivity index (χ0) is 12.0. The zero-order valence-corrected chi connectivity index (χ0v) is 10.7. The summed E-state index contributed by atoms with van der Waals surface area (Å²) in [5.74, 6) is 0.673. The van der Waals surface area contributed by atoms with Gasteiger partial charge in [0, 0.05) is 12.6 Å². The first-order valence-corrected chi connectivity index (χ1v) is 6.39. The number of rotatable bonds is 8. The molecule has 1 fully saturated rings. The monoisotopic (exact) mass is 224 g/mol. The van der Waals surface area contributed by atoms with E-state index in [1.54, 1.807) is 0 Å². The summed E-state index contributed by atoms with van der Waals surface area (Å²) in [6, 6.07) is 2.86. The van der Waals surface area contributed by atoms with Crippen molar-refractivity contribution in [2.45, 2.75) is 64.6 Å². The van der Waals surface area contributed by atoms with E-state index in [2.05, 4.69) is 32.2 Å². The van der Waals surface area contributed by atoms with Crippen molar-refractivity contribution in [1.29, 1.82) is 5.26 Å². The number of hydrogen-bond donors (Lipinski definition) is 1. The van der Waals surface area contributed by atoms with Crippen molar-refractivity contribution in [3.63, 3.8) is 0 Å². The Morgan fingerprint density at radius 2 is 2.06 bits per heavy atom. The molecule has 1 aliphatic carbocycles. The lowest BCUT2D eigenvalue weighted by molar-refractivity contribution is 0.0482. The van der Waals surface area contributed by atoms with E-state index in [1.807, 2.05) is 0 Å². The van der Waals surface area contributed by atoms with Crippen LogP contribution in [0.3, 0.4) is 0 Å². The fourth-order valence-corrected chi connectivity index (χ4v) is 1.84. The van der Waals surface area contributed by atoms with Crippen LogP contribution in [0.2, 0.25) is 0 Å². The molecule has 0 bridgehead atoms. The van der Waals surface area contributed by atoms with Crippen LogP contribution in [0.15, 0.2) is 0 Å². The van der Waals surface area contributed by atoms with E-state index in [0.29, 0.717) is 24.7 Å². The van der Waals surface area contributed by atoms with Gasteiger partial charge in [-0.15, -0.1) is 0 Å². The van der Waals surface area contributed by atoms with Gasteiger partial charge in [0.25, 0.3) is 0 Å². The quantitative estimate of drug-likeness (QED) is 0.689. The second kappa shape index (κ2) is 6.88. The van der Waals surface area contributed by atoms with Gasteiger partial charge < -0.3 is 4.74 Å². The number of nitriles is 1. The highest BCUT2D eigenvalue weighted by atomic mass is 16.5. The molecule has 16 heavy (non-hydrogen) atoms. The molecule has 1 saturated carbocycles. The summed E-state index contributed by atoms with van der Waals surface area (Å²) >= 11 is 0. The first-order chi connectivity index (χ1) is 7.61. The fourth-order valence-electron chi connectivity index (χ4n) is 1.84. The van der Waals surface area contributed by atoms with Crippen molar-refractivity contribution in [2.75, 3.05) is 6.61 Å². The van der Waals surface area contributed by atoms with Gasteiger partial charge in [0.1, 0.15) is 0 Å². The number of nitrogens with one attached hydrogen (secondary N) is 1. The molecule has 0 aromatic carbocycles. The van der Waals surface area contributed by atoms with E-state index in [4.69, 9.17) is 10.00 Å². The van der Waals surface area contributed by atoms with Crippen molar-refractivity contribution in [3.8, 4) is 6.07 Å². The van der Waals surface area contributed by atoms with Gasteiger partial charge in [-0.25, -0.2) is 0 Å². The van der Waals surface area contributed by atoms with Crippen molar-refractivity contribution >= 4 is 0 Å². The normalized spacial score (nSPS) is 19.4. The number of nitrogens with zero attached hydrogens (tertiary/aromatic N) is 1. The minimum atomic E-state index is -0.0289. The van der Waals surface area contributed by atoms with E-state index in [-0.39, 0.29) is 6.04 Å². The molecule has 0 spiro atoms. The van der Waals surface area contributed by atoms with Crippen molar-refractivity contribution in [3.05, 3.63) is 0 Å². The van der Waals surface area contributed by atoms with Gasteiger partial charge in [0.15, 0.2) is 0 Å². The van der Waals surface area contributed by atoms with E-state index < -0.39 is 0 Å². The Labute approximate surface area is 99.2 Å². The topological polar surface area (TPSA) is 45.0 Å². The lowest BCUT2D eigenvalue weighted by Crippen LogP contribution is -2.31. The summed E-state index contributed by atoms with van der Waals surface area (Å²) in [6.07, 6.45) is 4.65. The third-order valence-electron chi connectivity index (χ3n) is 2.78. The van der Waals surface area contributed by atoms with Gasteiger partial charge in [-0.2, -0.15) is 5.26 Å². The van der Waals surface area contributed by atoms with E-state index >= 15 is 0 Å². The second-order valence-electron chi connectivity index (χ2n) is 5.22. The molecule has 92 valence electrons. The summed E-state index contributed by atoms with van der Waals surface area (Å²) in [5.41, 5.74) is 0. The van der Waals surface area contributed by atoms with Crippen LogP contribution >= 0.6 is 0 Å². The first-order valence-electron chi connectivity index (χ1n) is 6.39. The average molecular weight is 224 g/mol. The molecule has 0 radical (unpaired) electrons. The molecule has 0 aliphatic heterocycles. The molecule has 0 amide bonds. The molecule has 2 unspecified atom stereocenters. The van der Waals surface area contributed by atoms with Crippen LogP contribution in [0.1, 0.15) is 46.5 Å². The third kappa shape index (κ3) is 6.09. The first kappa shape index (κ1) is 13.5. The highest BCUT2D eigenvalue weighted by Crippen LogP contribution is 2.19. The van der Waals surface area contributed by atoms with Crippen LogP contribution in [0.25, 0.3) is 0 Å². The Morgan fingerprint density at radius 1 is 1.38 bits per heavy atom. The van der Waals surface area contributed by atoms with E-state index in [9.17, 15) is 0 Å². The van der Waals surface area contributed by atoms with E-state index in [1.165, 1.54) is 12.8 Å². The number of hydrogen-bond acceptors (Lipinski definition) is 3. The van der Waals surface area contributed by atoms with Gasteiger partial charge in [-0.1, -0.05) is 13.8 Å². The molecule has 0 aromatic rings. The van der Waals surface area contributed by atoms with Crippen LogP contribution in [0.4, 0.5) is 0 Å². The Balaban J connectivity index is 2.05. The van der Waals surface area contributed by atoms with Crippen LogP contribution in [0.5, 0.6) is 0 Å². The third-order valence-corrected chi connectivity index (χ3v) is 2.78. The van der Waals surface area contributed by atoms with Crippen molar-refractivity contribution < 1.29 is 4.74 Å². The maximum atomic E-state index is 8.95. The van der Waals surface area contributed by atoms with Crippen LogP contribution in [-0.4, -0.2) is 24.8 Å². The molecule has 3 heteroatoms. The molecule has 0 saturated heterocycles. The van der Waals surface area contributed by atoms with Gasteiger partial charge in [-0.3, -0.25) is 5.32 Å². The molecule has 0 aromatic heterocycles. The maximum Gasteiger partial charge on any atom is 0.0977 e. The summed E-state index contributed by atoms with van der Waals surface area (Å²) < 4.78 is 5.70. The summed E-state index contributed by atoms with van der Waals surface area (Å²) in [5, 5.41) is 12.3. The highest BCUT2D eigenvalue weighted by molar-refractivity contribution is 4.95. The molecule has 3 nitrogen and oxygen atoms in total. The molecule has 1 aliphatic rings. The van der Waals surface area contributed by atoms with Crippen molar-refractivity contribution in [2.24, 2.45) is 5.92 Å². The van der Waals surface area contributed by atoms with Gasteiger partial charge in [0.05, 0.1) is 18.2 Å². The Hall–Kier alpha value is -0.590. The van der Waals surface area contributed by atoms with Crippen molar-refractivity contribution in [1.82, 2.24) is 5.32 Å². The van der Waals surface area contributed by atoms with Gasteiger partial charge in [-0.05, 0) is 38.5 Å². The lowest BCUT2D eigenvalue weighted by atomic mass is 10.1. The Bertz CT molecular complexity index is 231. The van der Waals surface area contributed by atoms with Crippen LogP contribution in [-0.2, 0) is 4.74 Å². The molecule has 1 rings (SSSR count). The van der Waals surface area contributed by atoms with Gasteiger partial charge in [0.2, 0.25) is 0 Å². The van der Waals surface area contributed by atoms with Crippen LogP contribution < -0.4 is 5.32 Å². The predicted octanol–water partition coefficient (Wildman–Crippen LogP) is 2.47. The number of ether oxygens (including phenoxy) is 1. The minimum Gasteiger partial charge on any atom is -0.378 e. The summed E-state index contributed by atoms with van der Waals surface area (Å²) in [4.78, 5) is 0. The molecule has 1 N–H and O–H groups in total. The maximum absolute atomic E-state index is 8.95. The zero-order valence-electron chi connectivity index (χ0n) is 10.7. The van der Waals surface area contributed by atoms with Crippen LogP contribution in [0, 0.1) is 17.2 Å². The molecular formula is C13H24N2O. The van der Waals surface area contributed by atoms with E-state index in [0.717, 1.165) is 12.8 Å². The summed E-state index contributed by atoms with van der Waals surface area (Å²) in [7, 11) is 0. The Morgan fingerprint density at radius 3 is 2.56 bits per heavy atom. The van der Waals surface area contributed by atoms with Gasteiger partial charge >= 0.3 is 0 Å². The lowest BCUT2D eigenvalue weighted by Gasteiger charge is -2.16. The summed E-state index contributed by atoms with van der Waals surface area (Å²) in [6.45, 7) is 7.20. The SMILES string of the molecule is CC(C)CC(C)OCCC(C#N)NC1CC1. The average Bonchev–Trinajstić information content (AvgIpc) is 2.99. The minimum absolute atomic E-state index is 0.0289. The highest BCUT2D eigenvalue weighted by Gasteiger charge is 2.24. The second-order valence-corrected chi connectivity index (χ2v) is 5.22. The molecule has 2 atom stereocenters. The standard InChI is InChI=1S/C13H24N2O/c1-10(2)8-11(3)16-7-6-13(9-14)15-12-4-5-12/h10-13,15H,4-8H2,1-3H3. The predicted molar refractivity (Wildman–Crippen MR) is 65.0 cm³/mol. The fraction of sp³-hybridized carbons (Fsp3) is 0.923. The largest absolute Gasteiger partial charge is 0.378 e. The molecular weight excluding hydrogens is 200 g/mol. The smallest absolute Gasteiger partial charge is 0.0977 e.